The van der Waals surface area contributed by atoms with Crippen LogP contribution < -0.4 is 0 Å². The van der Waals surface area contributed by atoms with Crippen LogP contribution >= 0.6 is 0 Å². The minimum Gasteiger partial charge on any atom is -0.429 e. The molecule has 1 spiro atoms. The Morgan fingerprint density at radius 2 is 1.90 bits per heavy atom. The number of hydrogen-bond donors (Lipinski definition) is 0. The van der Waals surface area contributed by atoms with Gasteiger partial charge in [-0.2, -0.15) is 0 Å². The topological polar surface area (TPSA) is 30.8 Å². The Morgan fingerprint density at radius 1 is 1.15 bits per heavy atom. The van der Waals surface area contributed by atoms with Crippen LogP contribution in [0, 0.1) is 16.7 Å². The number of oxime groups is 1. The molecule has 0 amide bonds. The standard InChI is InChI=1S/C17H21NO2/c1-15(2)13-9-10-16(15,3)17(11-13)19-14(18-20-17)12-7-5-4-6-8-12/h4-8,13H,9-11H2,1-3H3. The zero-order chi connectivity index (χ0) is 14.0. The molecule has 0 saturated heterocycles. The smallest absolute Gasteiger partial charge is 0.283 e. The zero-order valence-corrected chi connectivity index (χ0v) is 12.3. The molecule has 2 aliphatic carbocycles. The summed E-state index contributed by atoms with van der Waals surface area (Å²) in [5.41, 5.74) is 1.27. The van der Waals surface area contributed by atoms with E-state index < -0.39 is 5.79 Å². The molecule has 1 aliphatic heterocycles. The lowest BCUT2D eigenvalue weighted by atomic mass is 9.68. The van der Waals surface area contributed by atoms with Gasteiger partial charge < -0.3 is 9.57 Å². The third-order valence-electron chi connectivity index (χ3n) is 6.35. The Morgan fingerprint density at radius 3 is 2.50 bits per heavy atom. The van der Waals surface area contributed by atoms with Crippen molar-refractivity contribution in [3.05, 3.63) is 35.9 Å². The molecule has 3 unspecified atom stereocenters. The van der Waals surface area contributed by atoms with Gasteiger partial charge in [0, 0.05) is 12.0 Å². The maximum absolute atomic E-state index is 6.30. The van der Waals surface area contributed by atoms with E-state index in [0.29, 0.717) is 11.8 Å². The van der Waals surface area contributed by atoms with Crippen LogP contribution in [0.5, 0.6) is 0 Å². The van der Waals surface area contributed by atoms with E-state index in [1.54, 1.807) is 0 Å². The summed E-state index contributed by atoms with van der Waals surface area (Å²) in [5, 5.41) is 4.27. The van der Waals surface area contributed by atoms with Crippen molar-refractivity contribution in [2.75, 3.05) is 0 Å². The Hall–Kier alpha value is -1.51. The van der Waals surface area contributed by atoms with Crippen LogP contribution in [0.3, 0.4) is 0 Å². The average Bonchev–Trinajstić information content (AvgIpc) is 3.01. The number of rotatable bonds is 1. The van der Waals surface area contributed by atoms with Gasteiger partial charge in [0.15, 0.2) is 0 Å². The normalized spacial score (nSPS) is 40.5. The predicted molar refractivity (Wildman–Crippen MR) is 77.1 cm³/mol. The molecule has 2 fully saturated rings. The fraction of sp³-hybridized carbons (Fsp3) is 0.588. The second kappa shape index (κ2) is 3.57. The Balaban J connectivity index is 1.68. The number of nitrogens with zero attached hydrogens (tertiary/aromatic N) is 1. The van der Waals surface area contributed by atoms with Gasteiger partial charge in [0.2, 0.25) is 0 Å². The van der Waals surface area contributed by atoms with Crippen molar-refractivity contribution in [2.24, 2.45) is 21.9 Å². The third kappa shape index (κ3) is 1.24. The highest BCUT2D eigenvalue weighted by atomic mass is 16.8. The van der Waals surface area contributed by atoms with Crippen LogP contribution in [-0.4, -0.2) is 11.7 Å². The highest BCUT2D eigenvalue weighted by Gasteiger charge is 2.74. The van der Waals surface area contributed by atoms with Gasteiger partial charge in [-0.05, 0) is 41.5 Å². The molecule has 0 radical (unpaired) electrons. The monoisotopic (exact) mass is 271 g/mol. The van der Waals surface area contributed by atoms with Crippen molar-refractivity contribution in [1.82, 2.24) is 0 Å². The van der Waals surface area contributed by atoms with Crippen LogP contribution in [0.1, 0.15) is 45.6 Å². The largest absolute Gasteiger partial charge is 0.429 e. The van der Waals surface area contributed by atoms with Crippen molar-refractivity contribution >= 4 is 5.90 Å². The SMILES string of the molecule is CC1(C)C2CCC1(C)C1(C2)ON=C(c2ccccc2)O1. The van der Waals surface area contributed by atoms with Crippen molar-refractivity contribution in [3.8, 4) is 0 Å². The molecule has 106 valence electrons. The molecule has 3 atom stereocenters. The summed E-state index contributed by atoms with van der Waals surface area (Å²) in [7, 11) is 0. The second-order valence-corrected chi connectivity index (χ2v) is 7.20. The summed E-state index contributed by atoms with van der Waals surface area (Å²) in [6.45, 7) is 7.02. The maximum Gasteiger partial charge on any atom is 0.283 e. The first-order chi connectivity index (χ1) is 9.49. The summed E-state index contributed by atoms with van der Waals surface area (Å²) in [5.74, 6) is 0.748. The van der Waals surface area contributed by atoms with E-state index in [4.69, 9.17) is 9.57 Å². The van der Waals surface area contributed by atoms with E-state index in [1.165, 1.54) is 6.42 Å². The lowest BCUT2D eigenvalue weighted by Gasteiger charge is -2.42. The Labute approximate surface area is 120 Å². The summed E-state index contributed by atoms with van der Waals surface area (Å²) >= 11 is 0. The average molecular weight is 271 g/mol. The van der Waals surface area contributed by atoms with Crippen molar-refractivity contribution in [1.29, 1.82) is 0 Å². The molecular weight excluding hydrogens is 250 g/mol. The molecule has 1 aromatic rings. The minimum atomic E-state index is -0.551. The predicted octanol–water partition coefficient (Wildman–Crippen LogP) is 3.94. The van der Waals surface area contributed by atoms with E-state index in [1.807, 2.05) is 30.3 Å². The highest BCUT2D eigenvalue weighted by molar-refractivity contribution is 5.94. The molecule has 1 aromatic carbocycles. The molecule has 4 rings (SSSR count). The molecule has 2 saturated carbocycles. The Bertz CT molecular complexity index is 580. The van der Waals surface area contributed by atoms with Crippen molar-refractivity contribution in [2.45, 2.75) is 45.8 Å². The number of hydrogen-bond acceptors (Lipinski definition) is 3. The third-order valence-corrected chi connectivity index (χ3v) is 6.35. The van der Waals surface area contributed by atoms with Gasteiger partial charge in [-0.3, -0.25) is 0 Å². The number of fused-ring (bicyclic) bond motifs is 3. The Kier molecular flexibility index (Phi) is 2.19. The van der Waals surface area contributed by atoms with E-state index in [9.17, 15) is 0 Å². The van der Waals surface area contributed by atoms with Gasteiger partial charge in [-0.1, -0.05) is 39.0 Å². The summed E-state index contributed by atoms with van der Waals surface area (Å²) in [6, 6.07) is 10.0. The van der Waals surface area contributed by atoms with Crippen molar-refractivity contribution in [3.63, 3.8) is 0 Å². The quantitative estimate of drug-likeness (QED) is 0.774. The van der Waals surface area contributed by atoms with Crippen LogP contribution in [0.2, 0.25) is 0 Å². The summed E-state index contributed by atoms with van der Waals surface area (Å²) in [6.07, 6.45) is 3.39. The number of ether oxygens (including phenoxy) is 1. The summed E-state index contributed by atoms with van der Waals surface area (Å²) < 4.78 is 6.30. The van der Waals surface area contributed by atoms with Gasteiger partial charge in [0.25, 0.3) is 11.7 Å². The molecule has 1 heterocycles. The molecule has 3 nitrogen and oxygen atoms in total. The van der Waals surface area contributed by atoms with Crippen molar-refractivity contribution < 1.29 is 9.57 Å². The van der Waals surface area contributed by atoms with Crippen LogP contribution in [0.25, 0.3) is 0 Å². The van der Waals surface area contributed by atoms with E-state index in [2.05, 4.69) is 25.9 Å². The first-order valence-electron chi connectivity index (χ1n) is 7.49. The van der Waals surface area contributed by atoms with Crippen LogP contribution in [0.4, 0.5) is 0 Å². The minimum absolute atomic E-state index is 0.0324. The molecule has 0 aromatic heterocycles. The molecule has 20 heavy (non-hydrogen) atoms. The first-order valence-corrected chi connectivity index (χ1v) is 7.49. The van der Waals surface area contributed by atoms with Gasteiger partial charge in [0.05, 0.1) is 5.41 Å². The summed E-state index contributed by atoms with van der Waals surface area (Å²) in [4.78, 5) is 5.91. The van der Waals surface area contributed by atoms with Crippen LogP contribution in [-0.2, 0) is 9.57 Å². The lowest BCUT2D eigenvalue weighted by Crippen LogP contribution is -2.48. The fourth-order valence-electron chi connectivity index (χ4n) is 4.48. The molecular formula is C17H21NO2. The first kappa shape index (κ1) is 12.2. The van der Waals surface area contributed by atoms with Gasteiger partial charge in [0.1, 0.15) is 0 Å². The van der Waals surface area contributed by atoms with Crippen LogP contribution in [0.15, 0.2) is 35.5 Å². The molecule has 3 aliphatic rings. The zero-order valence-electron chi connectivity index (χ0n) is 12.3. The van der Waals surface area contributed by atoms with Gasteiger partial charge in [-0.25, -0.2) is 0 Å². The highest BCUT2D eigenvalue weighted by Crippen LogP contribution is 2.71. The van der Waals surface area contributed by atoms with E-state index in [-0.39, 0.29) is 10.8 Å². The second-order valence-electron chi connectivity index (χ2n) is 7.20. The molecule has 3 heteroatoms. The number of benzene rings is 1. The molecule has 0 N–H and O–H groups in total. The van der Waals surface area contributed by atoms with E-state index >= 15 is 0 Å². The van der Waals surface area contributed by atoms with Gasteiger partial charge >= 0.3 is 0 Å². The van der Waals surface area contributed by atoms with E-state index in [0.717, 1.165) is 18.4 Å². The fourth-order valence-corrected chi connectivity index (χ4v) is 4.48. The maximum atomic E-state index is 6.30. The lowest BCUT2D eigenvalue weighted by molar-refractivity contribution is -0.237. The molecule has 2 bridgehead atoms. The van der Waals surface area contributed by atoms with Gasteiger partial charge in [-0.15, -0.1) is 0 Å².